The minimum atomic E-state index is -0.352. The molecule has 0 fully saturated rings. The predicted molar refractivity (Wildman–Crippen MR) is 101 cm³/mol. The van der Waals surface area contributed by atoms with E-state index in [1.807, 2.05) is 31.2 Å². The van der Waals surface area contributed by atoms with Crippen LogP contribution < -0.4 is 5.32 Å². The number of fused-ring (bicyclic) bond motifs is 1. The van der Waals surface area contributed by atoms with Crippen molar-refractivity contribution in [3.8, 4) is 0 Å². The Morgan fingerprint density at radius 3 is 2.68 bits per heavy atom. The summed E-state index contributed by atoms with van der Waals surface area (Å²) in [5.74, 6) is -0.577. The van der Waals surface area contributed by atoms with E-state index in [1.165, 1.54) is 22.4 Å². The van der Waals surface area contributed by atoms with Crippen LogP contribution in [0.1, 0.15) is 27.1 Å². The number of benzene rings is 1. The first-order valence-electron chi connectivity index (χ1n) is 7.69. The Morgan fingerprint density at radius 1 is 1.32 bits per heavy atom. The molecule has 0 unspecified atom stereocenters. The fraction of sp³-hybridized carbons (Fsp3) is 0.235. The molecule has 3 rings (SSSR count). The molecule has 2 heterocycles. The van der Waals surface area contributed by atoms with Gasteiger partial charge in [0.25, 0.3) is 11.8 Å². The highest BCUT2D eigenvalue weighted by Crippen LogP contribution is 2.35. The molecule has 8 heteroatoms. The van der Waals surface area contributed by atoms with Gasteiger partial charge in [-0.05, 0) is 13.0 Å². The van der Waals surface area contributed by atoms with Crippen LogP contribution in [-0.4, -0.2) is 40.6 Å². The molecule has 2 aromatic heterocycles. The number of aryl methyl sites for hydroxylation is 1. The number of carbonyl (C=O) groups excluding carboxylic acids is 2. The van der Waals surface area contributed by atoms with Gasteiger partial charge >= 0.3 is 0 Å². The van der Waals surface area contributed by atoms with E-state index < -0.39 is 0 Å². The van der Waals surface area contributed by atoms with Gasteiger partial charge in [-0.25, -0.2) is 0 Å². The van der Waals surface area contributed by atoms with Crippen molar-refractivity contribution in [1.82, 2.24) is 14.7 Å². The summed E-state index contributed by atoms with van der Waals surface area (Å²) < 4.78 is 2.50. The third-order valence-corrected chi connectivity index (χ3v) is 5.41. The molecule has 0 spiro atoms. The molecule has 0 radical (unpaired) electrons. The summed E-state index contributed by atoms with van der Waals surface area (Å²) in [6, 6.07) is 7.57. The zero-order chi connectivity index (χ0) is 18.1. The Labute approximate surface area is 154 Å². The van der Waals surface area contributed by atoms with Crippen molar-refractivity contribution in [2.75, 3.05) is 19.4 Å². The molecule has 3 aromatic rings. The highest BCUT2D eigenvalue weighted by molar-refractivity contribution is 7.21. The highest BCUT2D eigenvalue weighted by atomic mass is 35.5. The molecule has 130 valence electrons. The summed E-state index contributed by atoms with van der Waals surface area (Å²) in [6.07, 6.45) is 1.49. The molecule has 25 heavy (non-hydrogen) atoms. The predicted octanol–water partition coefficient (Wildman–Crippen LogP) is 3.73. The average molecular weight is 377 g/mol. The second-order valence-electron chi connectivity index (χ2n) is 5.62. The zero-order valence-corrected chi connectivity index (χ0v) is 15.6. The van der Waals surface area contributed by atoms with E-state index in [9.17, 15) is 9.59 Å². The van der Waals surface area contributed by atoms with Crippen LogP contribution >= 0.6 is 22.9 Å². The van der Waals surface area contributed by atoms with Crippen molar-refractivity contribution in [2.45, 2.75) is 13.5 Å². The standard InChI is InChI=1S/C17H17ClN4O2S/c1-4-22-14(17(24)21(2)3)11(9-19-22)20-16(23)15-13(18)10-7-5-6-8-12(10)25-15/h5-9H,4H2,1-3H3,(H,20,23). The van der Waals surface area contributed by atoms with Gasteiger partial charge in [-0.3, -0.25) is 14.3 Å². The van der Waals surface area contributed by atoms with Crippen LogP contribution in [0.15, 0.2) is 30.5 Å². The lowest BCUT2D eigenvalue weighted by atomic mass is 10.2. The zero-order valence-electron chi connectivity index (χ0n) is 14.0. The maximum Gasteiger partial charge on any atom is 0.273 e. The van der Waals surface area contributed by atoms with Gasteiger partial charge in [-0.15, -0.1) is 11.3 Å². The molecule has 0 aliphatic rings. The molecule has 0 saturated heterocycles. The smallest absolute Gasteiger partial charge is 0.273 e. The SMILES string of the molecule is CCn1ncc(NC(=O)c2sc3ccccc3c2Cl)c1C(=O)N(C)C. The normalized spacial score (nSPS) is 10.9. The minimum absolute atomic E-state index is 0.225. The molecule has 1 aromatic carbocycles. The Balaban J connectivity index is 1.97. The van der Waals surface area contributed by atoms with E-state index in [2.05, 4.69) is 10.4 Å². The number of halogens is 1. The molecular weight excluding hydrogens is 360 g/mol. The van der Waals surface area contributed by atoms with Gasteiger partial charge in [0.1, 0.15) is 10.6 Å². The number of aromatic nitrogens is 2. The monoisotopic (exact) mass is 376 g/mol. The van der Waals surface area contributed by atoms with E-state index in [0.29, 0.717) is 27.8 Å². The number of amides is 2. The van der Waals surface area contributed by atoms with Gasteiger partial charge in [0.15, 0.2) is 0 Å². The Morgan fingerprint density at radius 2 is 2.04 bits per heavy atom. The summed E-state index contributed by atoms with van der Waals surface area (Å²) in [6.45, 7) is 2.41. The molecule has 0 bridgehead atoms. The lowest BCUT2D eigenvalue weighted by Gasteiger charge is -2.13. The second-order valence-corrected chi connectivity index (χ2v) is 7.05. The van der Waals surface area contributed by atoms with Gasteiger partial charge in [0.05, 0.1) is 16.9 Å². The highest BCUT2D eigenvalue weighted by Gasteiger charge is 2.23. The number of carbonyl (C=O) groups is 2. The second kappa shape index (κ2) is 6.85. The van der Waals surface area contributed by atoms with Crippen LogP contribution in [0.25, 0.3) is 10.1 Å². The average Bonchev–Trinajstić information content (AvgIpc) is 3.15. The maximum atomic E-state index is 12.7. The summed E-state index contributed by atoms with van der Waals surface area (Å²) in [5, 5.41) is 8.21. The first kappa shape index (κ1) is 17.4. The lowest BCUT2D eigenvalue weighted by molar-refractivity contribution is 0.0816. The summed E-state index contributed by atoms with van der Waals surface area (Å²) >= 11 is 7.67. The number of nitrogens with one attached hydrogen (secondary N) is 1. The molecule has 0 atom stereocenters. The quantitative estimate of drug-likeness (QED) is 0.754. The summed E-state index contributed by atoms with van der Waals surface area (Å²) in [4.78, 5) is 27.0. The molecule has 2 amide bonds. The molecular formula is C17H17ClN4O2S. The van der Waals surface area contributed by atoms with Crippen LogP contribution in [0, 0.1) is 0 Å². The lowest BCUT2D eigenvalue weighted by Crippen LogP contribution is -2.26. The summed E-state index contributed by atoms with van der Waals surface area (Å²) in [5.41, 5.74) is 0.720. The number of hydrogen-bond donors (Lipinski definition) is 1. The maximum absolute atomic E-state index is 12.7. The number of thiophene rings is 1. The first-order chi connectivity index (χ1) is 11.9. The topological polar surface area (TPSA) is 67.2 Å². The van der Waals surface area contributed by atoms with Gasteiger partial charge in [0.2, 0.25) is 0 Å². The number of hydrogen-bond acceptors (Lipinski definition) is 4. The van der Waals surface area contributed by atoms with Crippen LogP contribution in [0.5, 0.6) is 0 Å². The van der Waals surface area contributed by atoms with Gasteiger partial charge < -0.3 is 10.2 Å². The van der Waals surface area contributed by atoms with Crippen molar-refractivity contribution in [1.29, 1.82) is 0 Å². The Hall–Kier alpha value is -2.38. The number of nitrogens with zero attached hydrogens (tertiary/aromatic N) is 3. The van der Waals surface area contributed by atoms with E-state index >= 15 is 0 Å². The van der Waals surface area contributed by atoms with Gasteiger partial charge in [-0.1, -0.05) is 29.8 Å². The van der Waals surface area contributed by atoms with Gasteiger partial charge in [-0.2, -0.15) is 5.10 Å². The van der Waals surface area contributed by atoms with E-state index in [4.69, 9.17) is 11.6 Å². The van der Waals surface area contributed by atoms with Crippen LogP contribution in [0.2, 0.25) is 5.02 Å². The van der Waals surface area contributed by atoms with Crippen LogP contribution in [-0.2, 0) is 6.54 Å². The summed E-state index contributed by atoms with van der Waals surface area (Å²) in [7, 11) is 3.31. The van der Waals surface area contributed by atoms with Crippen molar-refractivity contribution in [2.24, 2.45) is 0 Å². The fourth-order valence-corrected chi connectivity index (χ4v) is 3.91. The van der Waals surface area contributed by atoms with Crippen molar-refractivity contribution < 1.29 is 9.59 Å². The molecule has 0 aliphatic heterocycles. The Kier molecular flexibility index (Phi) is 4.78. The van der Waals surface area contributed by atoms with Crippen molar-refractivity contribution in [3.63, 3.8) is 0 Å². The van der Waals surface area contributed by atoms with E-state index in [-0.39, 0.29) is 11.8 Å². The molecule has 0 aliphatic carbocycles. The first-order valence-corrected chi connectivity index (χ1v) is 8.89. The van der Waals surface area contributed by atoms with Crippen LogP contribution in [0.4, 0.5) is 5.69 Å². The third-order valence-electron chi connectivity index (χ3n) is 3.74. The largest absolute Gasteiger partial charge is 0.343 e. The molecule has 0 saturated carbocycles. The molecule has 1 N–H and O–H groups in total. The third kappa shape index (κ3) is 3.12. The number of rotatable bonds is 4. The van der Waals surface area contributed by atoms with Crippen molar-refractivity contribution >= 4 is 50.5 Å². The van der Waals surface area contributed by atoms with E-state index in [0.717, 1.165) is 10.1 Å². The fourth-order valence-electron chi connectivity index (χ4n) is 2.49. The number of anilines is 1. The molecule has 6 nitrogen and oxygen atoms in total. The van der Waals surface area contributed by atoms with Gasteiger partial charge in [0, 0.05) is 30.7 Å². The van der Waals surface area contributed by atoms with Crippen LogP contribution in [0.3, 0.4) is 0 Å². The van der Waals surface area contributed by atoms with Crippen molar-refractivity contribution in [3.05, 3.63) is 46.1 Å². The van der Waals surface area contributed by atoms with E-state index in [1.54, 1.807) is 18.8 Å². The minimum Gasteiger partial charge on any atom is -0.343 e. The Bertz CT molecular complexity index is 961.